The van der Waals surface area contributed by atoms with Crippen molar-refractivity contribution in [3.63, 3.8) is 0 Å². The lowest BCUT2D eigenvalue weighted by Crippen LogP contribution is -2.45. The smallest absolute Gasteiger partial charge is 0.338 e. The van der Waals surface area contributed by atoms with Gasteiger partial charge in [0.1, 0.15) is 6.10 Å². The van der Waals surface area contributed by atoms with Crippen LogP contribution < -0.4 is 0 Å². The fourth-order valence-electron chi connectivity index (χ4n) is 4.54. The summed E-state index contributed by atoms with van der Waals surface area (Å²) in [5.74, 6) is 2.17. The van der Waals surface area contributed by atoms with Crippen molar-refractivity contribution < 1.29 is 9.53 Å². The second-order valence-electron chi connectivity index (χ2n) is 6.62. The lowest BCUT2D eigenvalue weighted by Gasteiger charge is -2.48. The van der Waals surface area contributed by atoms with E-state index in [1.807, 2.05) is 30.4 Å². The van der Waals surface area contributed by atoms with Gasteiger partial charge in [0.15, 0.2) is 0 Å². The van der Waals surface area contributed by atoms with E-state index in [4.69, 9.17) is 4.74 Å². The van der Waals surface area contributed by atoms with E-state index in [1.54, 1.807) is 0 Å². The molecule has 3 nitrogen and oxygen atoms in total. The number of hydrogen-bond acceptors (Lipinski definition) is 5. The molecule has 0 N–H and O–H groups in total. The minimum Gasteiger partial charge on any atom is -0.453 e. The van der Waals surface area contributed by atoms with Crippen LogP contribution in [0, 0.1) is 0 Å². The Morgan fingerprint density at radius 3 is 2.87 bits per heavy atom. The zero-order chi connectivity index (χ0) is 15.6. The van der Waals surface area contributed by atoms with Crippen LogP contribution in [0.25, 0.3) is 0 Å². The largest absolute Gasteiger partial charge is 0.453 e. The van der Waals surface area contributed by atoms with E-state index in [0.717, 1.165) is 36.5 Å². The summed E-state index contributed by atoms with van der Waals surface area (Å²) in [6.45, 7) is 3.02. The van der Waals surface area contributed by atoms with Crippen LogP contribution in [0.2, 0.25) is 0 Å². The molecule has 120 valence electrons. The maximum Gasteiger partial charge on any atom is 0.338 e. The molecular weight excluding hydrogens is 326 g/mol. The van der Waals surface area contributed by atoms with E-state index in [2.05, 4.69) is 29.2 Å². The van der Waals surface area contributed by atoms with Crippen LogP contribution in [0.15, 0.2) is 35.5 Å². The highest BCUT2D eigenvalue weighted by molar-refractivity contribution is 8.21. The summed E-state index contributed by atoms with van der Waals surface area (Å²) in [4.78, 5) is 15.0. The monoisotopic (exact) mass is 345 g/mol. The number of cyclic esters (lactones) is 1. The number of carbonyl (C=O) groups excluding carboxylic acids is 1. The number of fused-ring (bicyclic) bond motifs is 5. The van der Waals surface area contributed by atoms with Crippen molar-refractivity contribution in [2.24, 2.45) is 0 Å². The zero-order valence-corrected chi connectivity index (χ0v) is 14.7. The van der Waals surface area contributed by atoms with Gasteiger partial charge in [0.05, 0.1) is 21.4 Å². The molecule has 5 rings (SSSR count). The van der Waals surface area contributed by atoms with Crippen LogP contribution in [-0.2, 0) is 16.0 Å². The number of nitrogens with zero attached hydrogens (tertiary/aromatic N) is 1. The number of thioether (sulfide) groups is 2. The quantitative estimate of drug-likeness (QED) is 0.673. The molecule has 4 aliphatic heterocycles. The van der Waals surface area contributed by atoms with Crippen molar-refractivity contribution in [1.29, 1.82) is 0 Å². The Hall–Kier alpha value is -1.07. The highest BCUT2D eigenvalue weighted by atomic mass is 32.2. The van der Waals surface area contributed by atoms with Crippen LogP contribution in [0.3, 0.4) is 0 Å². The van der Waals surface area contributed by atoms with Gasteiger partial charge in [-0.15, -0.1) is 23.5 Å². The molecule has 1 aromatic carbocycles. The molecule has 0 aromatic heterocycles. The van der Waals surface area contributed by atoms with E-state index >= 15 is 0 Å². The number of esters is 1. The second-order valence-corrected chi connectivity index (χ2v) is 9.67. The van der Waals surface area contributed by atoms with Gasteiger partial charge in [-0.2, -0.15) is 0 Å². The Labute approximate surface area is 144 Å². The number of carbonyl (C=O) groups is 1. The predicted molar refractivity (Wildman–Crippen MR) is 94.4 cm³/mol. The Morgan fingerprint density at radius 1 is 1.26 bits per heavy atom. The normalized spacial score (nSPS) is 31.0. The molecule has 0 amide bonds. The molecule has 2 atom stereocenters. The Morgan fingerprint density at radius 2 is 2.04 bits per heavy atom. The highest BCUT2D eigenvalue weighted by Gasteiger charge is 2.56. The fraction of sp³-hybridized carbons (Fsp3) is 0.500. The third kappa shape index (κ3) is 1.89. The minimum absolute atomic E-state index is 0.0771. The van der Waals surface area contributed by atoms with Gasteiger partial charge in [0, 0.05) is 24.5 Å². The molecule has 1 aromatic rings. The number of benzene rings is 1. The lowest BCUT2D eigenvalue weighted by atomic mass is 9.84. The molecule has 0 saturated carbocycles. The topological polar surface area (TPSA) is 29.5 Å². The van der Waals surface area contributed by atoms with Gasteiger partial charge in [0.25, 0.3) is 0 Å². The van der Waals surface area contributed by atoms with Gasteiger partial charge in [-0.3, -0.25) is 0 Å². The summed E-state index contributed by atoms with van der Waals surface area (Å²) in [5, 5.41) is 0. The molecule has 0 bridgehead atoms. The molecule has 0 radical (unpaired) electrons. The van der Waals surface area contributed by atoms with Crippen LogP contribution in [-0.4, -0.2) is 39.1 Å². The minimum atomic E-state index is -0.107. The van der Waals surface area contributed by atoms with E-state index in [0.29, 0.717) is 6.04 Å². The predicted octanol–water partition coefficient (Wildman–Crippen LogP) is 3.37. The summed E-state index contributed by atoms with van der Waals surface area (Å²) in [5.41, 5.74) is 5.05. The first-order valence-corrected chi connectivity index (χ1v) is 10.2. The summed E-state index contributed by atoms with van der Waals surface area (Å²) in [6.07, 6.45) is 1.96. The molecule has 5 heteroatoms. The van der Waals surface area contributed by atoms with Crippen molar-refractivity contribution in [3.05, 3.63) is 46.7 Å². The first-order chi connectivity index (χ1) is 11.2. The van der Waals surface area contributed by atoms with E-state index in [9.17, 15) is 4.79 Å². The molecule has 1 fully saturated rings. The molecule has 0 aliphatic carbocycles. The zero-order valence-electron chi connectivity index (χ0n) is 13.1. The average Bonchev–Trinajstić information content (AvgIpc) is 3.13. The van der Waals surface area contributed by atoms with Gasteiger partial charge in [-0.1, -0.05) is 24.3 Å². The van der Waals surface area contributed by atoms with Gasteiger partial charge in [0.2, 0.25) is 0 Å². The molecular formula is C18H19NO2S2. The Balaban J connectivity index is 1.70. The summed E-state index contributed by atoms with van der Waals surface area (Å²) in [6, 6.07) is 9.21. The van der Waals surface area contributed by atoms with E-state index in [1.165, 1.54) is 16.8 Å². The maximum atomic E-state index is 12.6. The third-order valence-corrected chi connectivity index (χ3v) is 8.90. The molecule has 4 heterocycles. The lowest BCUT2D eigenvalue weighted by molar-refractivity contribution is -0.139. The molecule has 1 spiro atoms. The molecule has 1 saturated heterocycles. The number of hydrogen-bond donors (Lipinski definition) is 0. The Bertz CT molecular complexity index is 723. The summed E-state index contributed by atoms with van der Waals surface area (Å²) < 4.78 is 5.56. The fourth-order valence-corrected chi connectivity index (χ4v) is 7.92. The standard InChI is InChI=1S/C18H19NO2S2/c1-11-16-15(17(20)21-11)18(22-8-9-23-18)10-14-13-5-3-2-4-12(13)6-7-19(14)16/h2-5,11,14H,6-10H2,1H3/t11-,14-/m1/s1. The van der Waals surface area contributed by atoms with Gasteiger partial charge in [-0.25, -0.2) is 4.79 Å². The van der Waals surface area contributed by atoms with Gasteiger partial charge < -0.3 is 9.64 Å². The maximum absolute atomic E-state index is 12.6. The third-order valence-electron chi connectivity index (χ3n) is 5.45. The van der Waals surface area contributed by atoms with Crippen LogP contribution in [0.1, 0.15) is 30.5 Å². The summed E-state index contributed by atoms with van der Waals surface area (Å²) in [7, 11) is 0. The van der Waals surface area contributed by atoms with Crippen molar-refractivity contribution in [3.8, 4) is 0 Å². The second kappa shape index (κ2) is 4.96. The summed E-state index contributed by atoms with van der Waals surface area (Å²) >= 11 is 3.91. The number of ether oxygens (including phenoxy) is 1. The van der Waals surface area contributed by atoms with E-state index < -0.39 is 0 Å². The van der Waals surface area contributed by atoms with Crippen LogP contribution >= 0.6 is 23.5 Å². The van der Waals surface area contributed by atoms with Crippen LogP contribution in [0.5, 0.6) is 0 Å². The van der Waals surface area contributed by atoms with Gasteiger partial charge >= 0.3 is 5.97 Å². The van der Waals surface area contributed by atoms with Crippen molar-refractivity contribution in [2.75, 3.05) is 18.1 Å². The van der Waals surface area contributed by atoms with Crippen molar-refractivity contribution in [1.82, 2.24) is 4.90 Å². The Kier molecular flexibility index (Phi) is 3.08. The first kappa shape index (κ1) is 14.3. The van der Waals surface area contributed by atoms with Crippen molar-refractivity contribution in [2.45, 2.75) is 36.0 Å². The SMILES string of the molecule is C[C@H]1OC(=O)C2=C1N1CCc3ccccc3[C@H]1CC21SCCS1. The first-order valence-electron chi connectivity index (χ1n) is 8.27. The molecule has 23 heavy (non-hydrogen) atoms. The van der Waals surface area contributed by atoms with Crippen molar-refractivity contribution >= 4 is 29.5 Å². The van der Waals surface area contributed by atoms with Gasteiger partial charge in [-0.05, 0) is 24.5 Å². The number of rotatable bonds is 0. The highest BCUT2D eigenvalue weighted by Crippen LogP contribution is 2.61. The van der Waals surface area contributed by atoms with Crippen LogP contribution in [0.4, 0.5) is 0 Å². The molecule has 4 aliphatic rings. The molecule has 0 unspecified atom stereocenters. The van der Waals surface area contributed by atoms with E-state index in [-0.39, 0.29) is 16.2 Å². The average molecular weight is 345 g/mol.